The monoisotopic (exact) mass is 296 g/mol. The number of piperazine rings is 1. The Balaban J connectivity index is 2.01. The minimum atomic E-state index is -3.52. The van der Waals surface area contributed by atoms with Gasteiger partial charge >= 0.3 is 5.69 Å². The van der Waals surface area contributed by atoms with Crippen LogP contribution < -0.4 is 11.0 Å². The van der Waals surface area contributed by atoms with Gasteiger partial charge < -0.3 is 15.3 Å². The molecule has 0 spiro atoms. The van der Waals surface area contributed by atoms with Gasteiger partial charge in [-0.3, -0.25) is 0 Å². The Morgan fingerprint density at radius 2 is 2.00 bits per heavy atom. The van der Waals surface area contributed by atoms with Crippen LogP contribution in [-0.2, 0) is 10.0 Å². The molecule has 0 unspecified atom stereocenters. The van der Waals surface area contributed by atoms with Crippen LogP contribution >= 0.6 is 0 Å². The first-order valence-electron chi connectivity index (χ1n) is 6.42. The van der Waals surface area contributed by atoms with Crippen molar-refractivity contribution >= 4 is 21.1 Å². The van der Waals surface area contributed by atoms with Crippen LogP contribution in [0.4, 0.5) is 0 Å². The molecule has 1 fully saturated rings. The highest BCUT2D eigenvalue weighted by Gasteiger charge is 2.28. The van der Waals surface area contributed by atoms with Crippen LogP contribution in [0.2, 0.25) is 0 Å². The molecular formula is C12H16N4O3S. The molecule has 1 saturated heterocycles. The Hall–Kier alpha value is -1.64. The van der Waals surface area contributed by atoms with Crippen LogP contribution in [0, 0.1) is 0 Å². The molecule has 108 valence electrons. The quantitative estimate of drug-likeness (QED) is 0.717. The minimum Gasteiger partial charge on any atom is -0.312 e. The Morgan fingerprint density at radius 3 is 2.75 bits per heavy atom. The van der Waals surface area contributed by atoms with Crippen molar-refractivity contribution in [1.29, 1.82) is 0 Å². The number of nitrogens with zero attached hydrogens (tertiary/aromatic N) is 1. The third-order valence-electron chi connectivity index (χ3n) is 3.46. The van der Waals surface area contributed by atoms with Crippen molar-refractivity contribution in [2.75, 3.05) is 19.6 Å². The van der Waals surface area contributed by atoms with E-state index in [0.717, 1.165) is 0 Å². The molecule has 3 rings (SSSR count). The van der Waals surface area contributed by atoms with Crippen LogP contribution in [0.15, 0.2) is 27.9 Å². The van der Waals surface area contributed by atoms with E-state index < -0.39 is 10.0 Å². The summed E-state index contributed by atoms with van der Waals surface area (Å²) in [7, 11) is -3.52. The Bertz CT molecular complexity index is 792. The molecule has 0 radical (unpaired) electrons. The second-order valence-electron chi connectivity index (χ2n) is 5.00. The number of aromatic nitrogens is 2. The highest BCUT2D eigenvalue weighted by molar-refractivity contribution is 7.89. The Morgan fingerprint density at radius 1 is 1.25 bits per heavy atom. The van der Waals surface area contributed by atoms with E-state index in [9.17, 15) is 13.2 Å². The SMILES string of the molecule is C[C@@H]1CN(S(=O)(=O)c2ccc3[nH]c(=O)[nH]c3c2)CCN1. The lowest BCUT2D eigenvalue weighted by Gasteiger charge is -2.30. The van der Waals surface area contributed by atoms with Crippen LogP contribution in [-0.4, -0.2) is 48.4 Å². The number of nitrogens with one attached hydrogen (secondary N) is 3. The van der Waals surface area contributed by atoms with Gasteiger partial charge in [0, 0.05) is 25.7 Å². The molecule has 1 atom stereocenters. The molecular weight excluding hydrogens is 280 g/mol. The Labute approximate surface area is 116 Å². The molecule has 1 aromatic carbocycles. The molecule has 1 aromatic heterocycles. The van der Waals surface area contributed by atoms with Crippen molar-refractivity contribution in [1.82, 2.24) is 19.6 Å². The lowest BCUT2D eigenvalue weighted by molar-refractivity contribution is 0.310. The average Bonchev–Trinajstić information content (AvgIpc) is 2.77. The molecule has 3 N–H and O–H groups in total. The summed E-state index contributed by atoms with van der Waals surface area (Å²) < 4.78 is 26.6. The van der Waals surface area contributed by atoms with E-state index in [1.54, 1.807) is 6.07 Å². The largest absolute Gasteiger partial charge is 0.323 e. The van der Waals surface area contributed by atoms with Crippen LogP contribution in [0.5, 0.6) is 0 Å². The van der Waals surface area contributed by atoms with E-state index >= 15 is 0 Å². The zero-order chi connectivity index (χ0) is 14.3. The second kappa shape index (κ2) is 4.72. The zero-order valence-electron chi connectivity index (χ0n) is 11.0. The van der Waals surface area contributed by atoms with E-state index in [0.29, 0.717) is 30.7 Å². The lowest BCUT2D eigenvalue weighted by Crippen LogP contribution is -2.51. The van der Waals surface area contributed by atoms with Gasteiger partial charge in [0.15, 0.2) is 0 Å². The molecule has 7 nitrogen and oxygen atoms in total. The zero-order valence-corrected chi connectivity index (χ0v) is 11.8. The van der Waals surface area contributed by atoms with Gasteiger partial charge in [0.2, 0.25) is 10.0 Å². The van der Waals surface area contributed by atoms with Crippen molar-refractivity contribution < 1.29 is 8.42 Å². The van der Waals surface area contributed by atoms with E-state index in [-0.39, 0.29) is 16.6 Å². The van der Waals surface area contributed by atoms with Gasteiger partial charge in [-0.15, -0.1) is 0 Å². The number of benzene rings is 1. The summed E-state index contributed by atoms with van der Waals surface area (Å²) in [6.45, 7) is 3.50. The summed E-state index contributed by atoms with van der Waals surface area (Å²) >= 11 is 0. The number of hydrogen-bond donors (Lipinski definition) is 3. The van der Waals surface area contributed by atoms with Crippen LogP contribution in [0.1, 0.15) is 6.92 Å². The Kier molecular flexibility index (Phi) is 3.15. The topological polar surface area (TPSA) is 98.1 Å². The van der Waals surface area contributed by atoms with Gasteiger partial charge in [-0.1, -0.05) is 0 Å². The normalized spacial score (nSPS) is 21.4. The molecule has 20 heavy (non-hydrogen) atoms. The number of hydrogen-bond acceptors (Lipinski definition) is 4. The fraction of sp³-hybridized carbons (Fsp3) is 0.417. The number of fused-ring (bicyclic) bond motifs is 1. The third-order valence-corrected chi connectivity index (χ3v) is 5.32. The van der Waals surface area contributed by atoms with Crippen molar-refractivity contribution in [3.63, 3.8) is 0 Å². The predicted molar refractivity (Wildman–Crippen MR) is 75.1 cm³/mol. The number of rotatable bonds is 2. The second-order valence-corrected chi connectivity index (χ2v) is 6.94. The molecule has 2 aromatic rings. The van der Waals surface area contributed by atoms with E-state index in [4.69, 9.17) is 0 Å². The average molecular weight is 296 g/mol. The molecule has 0 bridgehead atoms. The maximum atomic E-state index is 12.6. The molecule has 1 aliphatic rings. The fourth-order valence-corrected chi connectivity index (χ4v) is 3.99. The van der Waals surface area contributed by atoms with Gasteiger partial charge in [0.05, 0.1) is 15.9 Å². The van der Waals surface area contributed by atoms with Gasteiger partial charge in [-0.25, -0.2) is 13.2 Å². The van der Waals surface area contributed by atoms with Crippen LogP contribution in [0.3, 0.4) is 0 Å². The van der Waals surface area contributed by atoms with Crippen molar-refractivity contribution in [2.45, 2.75) is 17.9 Å². The van der Waals surface area contributed by atoms with Crippen molar-refractivity contribution in [2.24, 2.45) is 0 Å². The minimum absolute atomic E-state index is 0.134. The summed E-state index contributed by atoms with van der Waals surface area (Å²) in [6.07, 6.45) is 0. The first-order chi connectivity index (χ1) is 9.46. The molecule has 8 heteroatoms. The van der Waals surface area contributed by atoms with Crippen LogP contribution in [0.25, 0.3) is 11.0 Å². The first-order valence-corrected chi connectivity index (χ1v) is 7.86. The van der Waals surface area contributed by atoms with Crippen molar-refractivity contribution in [3.05, 3.63) is 28.7 Å². The summed E-state index contributed by atoms with van der Waals surface area (Å²) in [5.41, 5.74) is 0.757. The van der Waals surface area contributed by atoms with Gasteiger partial charge in [0.1, 0.15) is 0 Å². The number of sulfonamides is 1. The maximum Gasteiger partial charge on any atom is 0.323 e. The number of aromatic amines is 2. The van der Waals surface area contributed by atoms with Gasteiger partial charge in [-0.05, 0) is 25.1 Å². The fourth-order valence-electron chi connectivity index (χ4n) is 2.44. The van der Waals surface area contributed by atoms with E-state index in [1.807, 2.05) is 6.92 Å². The smallest absolute Gasteiger partial charge is 0.312 e. The summed E-state index contributed by atoms with van der Waals surface area (Å²) in [6, 6.07) is 4.75. The molecule has 0 saturated carbocycles. The van der Waals surface area contributed by atoms with Crippen molar-refractivity contribution in [3.8, 4) is 0 Å². The number of imidazole rings is 1. The van der Waals surface area contributed by atoms with E-state index in [2.05, 4.69) is 15.3 Å². The number of H-pyrrole nitrogens is 2. The van der Waals surface area contributed by atoms with Gasteiger partial charge in [-0.2, -0.15) is 4.31 Å². The lowest BCUT2D eigenvalue weighted by atomic mass is 10.3. The molecule has 0 amide bonds. The summed E-state index contributed by atoms with van der Waals surface area (Å²) in [5, 5.41) is 3.21. The first kappa shape index (κ1) is 13.3. The third kappa shape index (κ3) is 2.26. The predicted octanol–water partition coefficient (Wildman–Crippen LogP) is -0.161. The highest BCUT2D eigenvalue weighted by Crippen LogP contribution is 2.20. The summed E-state index contributed by atoms with van der Waals surface area (Å²) in [5.74, 6) is 0. The molecule has 1 aliphatic heterocycles. The van der Waals surface area contributed by atoms with Gasteiger partial charge in [0.25, 0.3) is 0 Å². The van der Waals surface area contributed by atoms with E-state index in [1.165, 1.54) is 16.4 Å². The summed E-state index contributed by atoms with van der Waals surface area (Å²) in [4.78, 5) is 16.6. The standard InChI is InChI=1S/C12H16N4O3S/c1-8-7-16(5-4-13-8)20(18,19)9-2-3-10-11(6-9)15-12(17)14-10/h2-3,6,8,13H,4-5,7H2,1H3,(H2,14,15,17)/t8-/m1/s1. The molecule has 2 heterocycles. The maximum absolute atomic E-state index is 12.6. The highest BCUT2D eigenvalue weighted by atomic mass is 32.2. The molecule has 0 aliphatic carbocycles.